The summed E-state index contributed by atoms with van der Waals surface area (Å²) in [5.74, 6) is -1.17. The number of carboxylic acid groups (broad SMARTS) is 1. The number of benzene rings is 1. The molecule has 0 fully saturated rings. The molecule has 0 bridgehead atoms. The fraction of sp³-hybridized carbons (Fsp3) is 0.462. The Kier molecular flexibility index (Phi) is 4.29. The van der Waals surface area contributed by atoms with Crippen LogP contribution in [-0.4, -0.2) is 22.8 Å². The zero-order chi connectivity index (χ0) is 13.9. The first-order chi connectivity index (χ1) is 8.24. The standard InChI is InChI=1S/C13H17FO4/c1-8(15)10-6-9(14)4-5-11(10)18-7-13(2,3)12(16)17/h4-6,8,15H,7H2,1-3H3,(H,16,17)/t8-/m1/s1. The van der Waals surface area contributed by atoms with Crippen molar-refractivity contribution in [2.45, 2.75) is 26.9 Å². The van der Waals surface area contributed by atoms with E-state index in [0.29, 0.717) is 11.3 Å². The van der Waals surface area contributed by atoms with Gasteiger partial charge in [0.15, 0.2) is 0 Å². The van der Waals surface area contributed by atoms with E-state index in [9.17, 15) is 14.3 Å². The average molecular weight is 256 g/mol. The molecule has 4 nitrogen and oxygen atoms in total. The lowest BCUT2D eigenvalue weighted by Gasteiger charge is -2.21. The van der Waals surface area contributed by atoms with Gasteiger partial charge in [0.2, 0.25) is 0 Å². The lowest BCUT2D eigenvalue weighted by atomic mass is 9.95. The lowest BCUT2D eigenvalue weighted by molar-refractivity contribution is -0.148. The summed E-state index contributed by atoms with van der Waals surface area (Å²) in [6.45, 7) is 4.49. The van der Waals surface area contributed by atoms with E-state index in [2.05, 4.69) is 0 Å². The number of hydrogen-bond donors (Lipinski definition) is 2. The minimum absolute atomic E-state index is 0.0618. The zero-order valence-electron chi connectivity index (χ0n) is 10.6. The monoisotopic (exact) mass is 256 g/mol. The second kappa shape index (κ2) is 5.35. The van der Waals surface area contributed by atoms with E-state index in [0.717, 1.165) is 0 Å². The Bertz CT molecular complexity index is 441. The summed E-state index contributed by atoms with van der Waals surface area (Å²) in [7, 11) is 0. The molecule has 0 saturated heterocycles. The molecule has 0 radical (unpaired) electrons. The van der Waals surface area contributed by atoms with Crippen LogP contribution in [0.5, 0.6) is 5.75 Å². The third-order valence-electron chi connectivity index (χ3n) is 2.59. The normalized spacial score (nSPS) is 13.2. The fourth-order valence-electron chi connectivity index (χ4n) is 1.30. The van der Waals surface area contributed by atoms with Crippen LogP contribution in [0.25, 0.3) is 0 Å². The van der Waals surface area contributed by atoms with Crippen LogP contribution in [-0.2, 0) is 4.79 Å². The first kappa shape index (κ1) is 14.4. The Morgan fingerprint density at radius 1 is 1.50 bits per heavy atom. The second-order valence-electron chi connectivity index (χ2n) is 4.84. The molecule has 0 amide bonds. The van der Waals surface area contributed by atoms with Crippen molar-refractivity contribution in [2.24, 2.45) is 5.41 Å². The van der Waals surface area contributed by atoms with E-state index in [1.54, 1.807) is 0 Å². The number of aliphatic hydroxyl groups is 1. The Balaban J connectivity index is 2.88. The minimum Gasteiger partial charge on any atom is -0.492 e. The van der Waals surface area contributed by atoms with Crippen LogP contribution in [0.4, 0.5) is 4.39 Å². The van der Waals surface area contributed by atoms with Crippen LogP contribution >= 0.6 is 0 Å². The van der Waals surface area contributed by atoms with Crippen LogP contribution in [0.2, 0.25) is 0 Å². The van der Waals surface area contributed by atoms with Gasteiger partial charge < -0.3 is 14.9 Å². The van der Waals surface area contributed by atoms with Crippen LogP contribution in [0.1, 0.15) is 32.4 Å². The predicted octanol–water partition coefficient (Wildman–Crippen LogP) is 2.37. The molecule has 1 aromatic carbocycles. The van der Waals surface area contributed by atoms with Crippen LogP contribution in [0, 0.1) is 11.2 Å². The number of hydrogen-bond acceptors (Lipinski definition) is 3. The summed E-state index contributed by atoms with van der Waals surface area (Å²) >= 11 is 0. The maximum Gasteiger partial charge on any atom is 0.312 e. The van der Waals surface area contributed by atoms with Gasteiger partial charge in [0.05, 0.1) is 11.5 Å². The quantitative estimate of drug-likeness (QED) is 0.848. The van der Waals surface area contributed by atoms with Crippen molar-refractivity contribution < 1.29 is 24.1 Å². The molecule has 0 aliphatic carbocycles. The fourth-order valence-corrected chi connectivity index (χ4v) is 1.30. The number of halogens is 1. The zero-order valence-corrected chi connectivity index (χ0v) is 10.6. The number of carboxylic acids is 1. The molecular weight excluding hydrogens is 239 g/mol. The number of carbonyl (C=O) groups is 1. The highest BCUT2D eigenvalue weighted by Gasteiger charge is 2.28. The first-order valence-corrected chi connectivity index (χ1v) is 5.58. The maximum atomic E-state index is 13.0. The van der Waals surface area contributed by atoms with Crippen molar-refractivity contribution in [3.05, 3.63) is 29.6 Å². The van der Waals surface area contributed by atoms with E-state index < -0.39 is 23.3 Å². The molecule has 100 valence electrons. The molecule has 0 aliphatic heterocycles. The van der Waals surface area contributed by atoms with Crippen molar-refractivity contribution in [1.29, 1.82) is 0 Å². The highest BCUT2D eigenvalue weighted by molar-refractivity contribution is 5.73. The van der Waals surface area contributed by atoms with Crippen molar-refractivity contribution in [3.63, 3.8) is 0 Å². The van der Waals surface area contributed by atoms with Crippen molar-refractivity contribution in [2.75, 3.05) is 6.61 Å². The third-order valence-corrected chi connectivity index (χ3v) is 2.59. The maximum absolute atomic E-state index is 13.0. The summed E-state index contributed by atoms with van der Waals surface area (Å²) in [5, 5.41) is 18.5. The number of aliphatic carboxylic acids is 1. The highest BCUT2D eigenvalue weighted by atomic mass is 19.1. The number of aliphatic hydroxyl groups excluding tert-OH is 1. The summed E-state index contributed by atoms with van der Waals surface area (Å²) in [4.78, 5) is 10.9. The Morgan fingerprint density at radius 3 is 2.61 bits per heavy atom. The number of rotatable bonds is 5. The van der Waals surface area contributed by atoms with E-state index in [-0.39, 0.29) is 6.61 Å². The molecule has 0 aromatic heterocycles. The molecule has 1 atom stereocenters. The van der Waals surface area contributed by atoms with Gasteiger partial charge in [-0.2, -0.15) is 0 Å². The van der Waals surface area contributed by atoms with Gasteiger partial charge in [-0.3, -0.25) is 4.79 Å². The van der Waals surface area contributed by atoms with Gasteiger partial charge in [-0.15, -0.1) is 0 Å². The van der Waals surface area contributed by atoms with E-state index in [4.69, 9.17) is 9.84 Å². The Labute approximate surface area is 105 Å². The minimum atomic E-state index is -1.05. The van der Waals surface area contributed by atoms with E-state index >= 15 is 0 Å². The van der Waals surface area contributed by atoms with Gasteiger partial charge in [-0.25, -0.2) is 4.39 Å². The van der Waals surface area contributed by atoms with E-state index in [1.807, 2.05) is 0 Å². The predicted molar refractivity (Wildman–Crippen MR) is 63.9 cm³/mol. The van der Waals surface area contributed by atoms with Crippen molar-refractivity contribution >= 4 is 5.97 Å². The van der Waals surface area contributed by atoms with Gasteiger partial charge in [0.1, 0.15) is 18.2 Å². The lowest BCUT2D eigenvalue weighted by Crippen LogP contribution is -2.30. The van der Waals surface area contributed by atoms with Crippen LogP contribution < -0.4 is 4.74 Å². The Hall–Kier alpha value is -1.62. The smallest absolute Gasteiger partial charge is 0.312 e. The first-order valence-electron chi connectivity index (χ1n) is 5.58. The van der Waals surface area contributed by atoms with Gasteiger partial charge >= 0.3 is 5.97 Å². The van der Waals surface area contributed by atoms with Gasteiger partial charge in [-0.1, -0.05) is 0 Å². The third kappa shape index (κ3) is 3.43. The average Bonchev–Trinajstić information content (AvgIpc) is 2.27. The molecule has 0 heterocycles. The van der Waals surface area contributed by atoms with Gasteiger partial charge in [0, 0.05) is 5.56 Å². The van der Waals surface area contributed by atoms with Crippen molar-refractivity contribution in [1.82, 2.24) is 0 Å². The van der Waals surface area contributed by atoms with Gasteiger partial charge in [-0.05, 0) is 39.0 Å². The summed E-state index contributed by atoms with van der Waals surface area (Å²) in [6, 6.07) is 3.76. The molecule has 0 saturated carbocycles. The Morgan fingerprint density at radius 2 is 2.11 bits per heavy atom. The molecule has 0 aliphatic rings. The van der Waals surface area contributed by atoms with Gasteiger partial charge in [0.25, 0.3) is 0 Å². The summed E-state index contributed by atoms with van der Waals surface area (Å²) in [5.41, 5.74) is -0.749. The number of ether oxygens (including phenoxy) is 1. The molecule has 5 heteroatoms. The van der Waals surface area contributed by atoms with E-state index in [1.165, 1.54) is 39.0 Å². The molecule has 0 unspecified atom stereocenters. The molecule has 1 rings (SSSR count). The summed E-state index contributed by atoms with van der Waals surface area (Å²) in [6.07, 6.45) is -0.886. The molecule has 18 heavy (non-hydrogen) atoms. The molecule has 1 aromatic rings. The molecular formula is C13H17FO4. The summed E-state index contributed by atoms with van der Waals surface area (Å²) < 4.78 is 18.4. The SMILES string of the molecule is C[C@@H](O)c1cc(F)ccc1OCC(C)(C)C(=O)O. The topological polar surface area (TPSA) is 66.8 Å². The van der Waals surface area contributed by atoms with Crippen LogP contribution in [0.3, 0.4) is 0 Å². The highest BCUT2D eigenvalue weighted by Crippen LogP contribution is 2.27. The molecule has 2 N–H and O–H groups in total. The largest absolute Gasteiger partial charge is 0.492 e. The van der Waals surface area contributed by atoms with Crippen LogP contribution in [0.15, 0.2) is 18.2 Å². The second-order valence-corrected chi connectivity index (χ2v) is 4.84. The van der Waals surface area contributed by atoms with Crippen molar-refractivity contribution in [3.8, 4) is 5.75 Å². The molecule has 0 spiro atoms.